The minimum Gasteiger partial charge on any atom is -0.494 e. The molecule has 0 saturated carbocycles. The molecule has 6 aromatic carbocycles. The topological polar surface area (TPSA) is 75.3 Å². The molecule has 1 N–H and O–H groups in total. The van der Waals surface area contributed by atoms with E-state index in [-0.39, 0.29) is 11.9 Å². The lowest BCUT2D eigenvalue weighted by molar-refractivity contribution is 0.109. The summed E-state index contributed by atoms with van der Waals surface area (Å²) in [5, 5.41) is 13.4. The summed E-state index contributed by atoms with van der Waals surface area (Å²) in [6, 6.07) is 53.2. The Balaban J connectivity index is 1.44. The van der Waals surface area contributed by atoms with Crippen LogP contribution in [0.15, 0.2) is 164 Å². The van der Waals surface area contributed by atoms with Crippen LogP contribution in [0.25, 0.3) is 11.3 Å². The predicted molar refractivity (Wildman–Crippen MR) is 228 cm³/mol. The lowest BCUT2D eigenvalue weighted by Crippen LogP contribution is -2.39. The Kier molecular flexibility index (Phi) is 11.3. The standard InChI is InChI=1S/C50H46FN5O2/c1-3-57-43-32-44(47(51)46(33-43)58-42-28-30-55(2)31-29-42)48(53-41-26-24-36(34-52)25-27-41)49-54-45(37-16-8-4-9-17-37)35-56(49)50(38-18-10-5-11-19-38,39-20-12-6-13-21-39)40-22-14-7-15-23-40/h4-27,32-33,35,42,48,53H,3,28-31H2,1-2H3. The van der Waals surface area contributed by atoms with Crippen molar-refractivity contribution in [2.45, 2.75) is 37.5 Å². The van der Waals surface area contributed by atoms with E-state index in [1.807, 2.05) is 67.6 Å². The number of imidazole rings is 1. The summed E-state index contributed by atoms with van der Waals surface area (Å²) < 4.78 is 32.6. The first kappa shape index (κ1) is 38.2. The zero-order valence-electron chi connectivity index (χ0n) is 32.8. The van der Waals surface area contributed by atoms with Gasteiger partial charge >= 0.3 is 0 Å². The van der Waals surface area contributed by atoms with Crippen molar-refractivity contribution in [1.82, 2.24) is 14.5 Å². The van der Waals surface area contributed by atoms with Gasteiger partial charge in [0.25, 0.3) is 0 Å². The van der Waals surface area contributed by atoms with Crippen LogP contribution in [0.1, 0.15) is 59.4 Å². The molecule has 0 spiro atoms. The number of nitriles is 1. The van der Waals surface area contributed by atoms with Gasteiger partial charge < -0.3 is 24.3 Å². The average Bonchev–Trinajstić information content (AvgIpc) is 3.72. The second-order valence-electron chi connectivity index (χ2n) is 14.7. The Hall–Kier alpha value is -6.69. The monoisotopic (exact) mass is 767 g/mol. The van der Waals surface area contributed by atoms with Gasteiger partial charge in [-0.15, -0.1) is 0 Å². The molecular formula is C50H46FN5O2. The number of nitrogens with zero attached hydrogens (tertiary/aromatic N) is 4. The molecule has 0 radical (unpaired) electrons. The van der Waals surface area contributed by atoms with Gasteiger partial charge in [0.15, 0.2) is 11.6 Å². The van der Waals surface area contributed by atoms with E-state index in [0.29, 0.717) is 35.0 Å². The Morgan fingerprint density at radius 3 is 1.88 bits per heavy atom. The summed E-state index contributed by atoms with van der Waals surface area (Å²) >= 11 is 0. The van der Waals surface area contributed by atoms with E-state index in [0.717, 1.165) is 53.9 Å². The van der Waals surface area contributed by atoms with E-state index in [4.69, 9.17) is 14.5 Å². The molecule has 1 aliphatic heterocycles. The highest BCUT2D eigenvalue weighted by molar-refractivity contribution is 5.62. The van der Waals surface area contributed by atoms with Crippen LogP contribution in [-0.4, -0.2) is 47.3 Å². The molecule has 0 aliphatic carbocycles. The number of anilines is 1. The van der Waals surface area contributed by atoms with Gasteiger partial charge in [-0.3, -0.25) is 0 Å². The number of nitrogens with one attached hydrogen (secondary N) is 1. The second kappa shape index (κ2) is 17.2. The van der Waals surface area contributed by atoms with Crippen molar-refractivity contribution in [3.8, 4) is 28.8 Å². The maximum atomic E-state index is 17.7. The zero-order valence-corrected chi connectivity index (χ0v) is 32.8. The third-order valence-electron chi connectivity index (χ3n) is 10.9. The minimum absolute atomic E-state index is 0.143. The van der Waals surface area contributed by atoms with Crippen LogP contribution < -0.4 is 14.8 Å². The van der Waals surface area contributed by atoms with Gasteiger partial charge in [0.05, 0.1) is 23.9 Å². The van der Waals surface area contributed by atoms with E-state index in [1.54, 1.807) is 24.3 Å². The highest BCUT2D eigenvalue weighted by atomic mass is 19.1. The number of ether oxygens (including phenoxy) is 2. The van der Waals surface area contributed by atoms with Crippen molar-refractivity contribution in [2.24, 2.45) is 0 Å². The van der Waals surface area contributed by atoms with Crippen LogP contribution in [-0.2, 0) is 5.54 Å². The van der Waals surface area contributed by atoms with Gasteiger partial charge in [0.2, 0.25) is 0 Å². The SMILES string of the molecule is CCOc1cc(OC2CCN(C)CC2)c(F)c(C(Nc2ccc(C#N)cc2)c2nc(-c3ccccc3)cn2C(c2ccccc2)(c2ccccc2)c2ccccc2)c1. The number of rotatable bonds is 13. The Labute approximate surface area is 340 Å². The van der Waals surface area contributed by atoms with E-state index in [1.165, 1.54) is 0 Å². The first-order valence-electron chi connectivity index (χ1n) is 19.9. The van der Waals surface area contributed by atoms with E-state index < -0.39 is 17.4 Å². The smallest absolute Gasteiger partial charge is 0.171 e. The number of halogens is 1. The molecule has 8 heteroatoms. The van der Waals surface area contributed by atoms with Crippen LogP contribution in [0.2, 0.25) is 0 Å². The molecule has 8 rings (SSSR count). The Morgan fingerprint density at radius 2 is 1.34 bits per heavy atom. The number of likely N-dealkylation sites (tertiary alicyclic amines) is 1. The molecule has 7 nitrogen and oxygen atoms in total. The summed E-state index contributed by atoms with van der Waals surface area (Å²) in [7, 11) is 2.09. The molecule has 1 unspecified atom stereocenters. The van der Waals surface area contributed by atoms with Gasteiger partial charge in [-0.05, 0) is 73.8 Å². The third kappa shape index (κ3) is 7.69. The quantitative estimate of drug-likeness (QED) is 0.118. The van der Waals surface area contributed by atoms with Crippen molar-refractivity contribution in [3.05, 3.63) is 203 Å². The van der Waals surface area contributed by atoms with Crippen LogP contribution >= 0.6 is 0 Å². The fourth-order valence-corrected chi connectivity index (χ4v) is 8.08. The van der Waals surface area contributed by atoms with Gasteiger partial charge in [0, 0.05) is 42.2 Å². The molecule has 7 aromatic rings. The van der Waals surface area contributed by atoms with E-state index in [2.05, 4.69) is 107 Å². The molecule has 1 aromatic heterocycles. The highest BCUT2D eigenvalue weighted by Crippen LogP contribution is 2.46. The number of piperidine rings is 1. The molecule has 290 valence electrons. The van der Waals surface area contributed by atoms with Crippen molar-refractivity contribution >= 4 is 5.69 Å². The van der Waals surface area contributed by atoms with Crippen molar-refractivity contribution in [2.75, 3.05) is 32.1 Å². The summed E-state index contributed by atoms with van der Waals surface area (Å²) in [5.41, 5.74) is 5.16. The van der Waals surface area contributed by atoms with Gasteiger partial charge in [-0.25, -0.2) is 9.37 Å². The maximum Gasteiger partial charge on any atom is 0.171 e. The zero-order chi connectivity index (χ0) is 39.9. The summed E-state index contributed by atoms with van der Waals surface area (Å²) in [6.07, 6.45) is 3.52. The number of aromatic nitrogens is 2. The fraction of sp³-hybridized carbons (Fsp3) is 0.200. The Morgan fingerprint density at radius 1 is 0.793 bits per heavy atom. The Bertz CT molecular complexity index is 2360. The largest absolute Gasteiger partial charge is 0.494 e. The van der Waals surface area contributed by atoms with Crippen LogP contribution in [0.4, 0.5) is 10.1 Å². The molecule has 1 fully saturated rings. The molecule has 1 atom stereocenters. The lowest BCUT2D eigenvalue weighted by Gasteiger charge is -2.39. The third-order valence-corrected chi connectivity index (χ3v) is 10.9. The summed E-state index contributed by atoms with van der Waals surface area (Å²) in [5.74, 6) is 0.700. The molecule has 1 aliphatic rings. The van der Waals surface area contributed by atoms with Crippen LogP contribution in [0, 0.1) is 17.1 Å². The molecule has 0 amide bonds. The molecule has 0 bridgehead atoms. The number of hydrogen-bond donors (Lipinski definition) is 1. The van der Waals surface area contributed by atoms with E-state index >= 15 is 4.39 Å². The van der Waals surface area contributed by atoms with Crippen molar-refractivity contribution < 1.29 is 13.9 Å². The first-order valence-corrected chi connectivity index (χ1v) is 19.9. The second-order valence-corrected chi connectivity index (χ2v) is 14.7. The number of benzene rings is 6. The fourth-order valence-electron chi connectivity index (χ4n) is 8.08. The maximum absolute atomic E-state index is 17.7. The average molecular weight is 768 g/mol. The van der Waals surface area contributed by atoms with Gasteiger partial charge in [-0.2, -0.15) is 5.26 Å². The molecule has 1 saturated heterocycles. The summed E-state index contributed by atoms with van der Waals surface area (Å²) in [6.45, 7) is 4.04. The predicted octanol–water partition coefficient (Wildman–Crippen LogP) is 10.5. The molecule has 58 heavy (non-hydrogen) atoms. The number of hydrogen-bond acceptors (Lipinski definition) is 6. The van der Waals surface area contributed by atoms with Crippen molar-refractivity contribution in [3.63, 3.8) is 0 Å². The highest BCUT2D eigenvalue weighted by Gasteiger charge is 2.42. The lowest BCUT2D eigenvalue weighted by atomic mass is 9.76. The van der Waals surface area contributed by atoms with Crippen LogP contribution in [0.3, 0.4) is 0 Å². The molecular weight excluding hydrogens is 722 g/mol. The van der Waals surface area contributed by atoms with Gasteiger partial charge in [-0.1, -0.05) is 121 Å². The normalized spacial score (nSPS) is 14.0. The van der Waals surface area contributed by atoms with E-state index in [9.17, 15) is 5.26 Å². The van der Waals surface area contributed by atoms with Crippen molar-refractivity contribution in [1.29, 1.82) is 5.26 Å². The van der Waals surface area contributed by atoms with Gasteiger partial charge in [0.1, 0.15) is 29.3 Å². The molecule has 2 heterocycles. The minimum atomic E-state index is -0.981. The first-order chi connectivity index (χ1) is 28.5. The summed E-state index contributed by atoms with van der Waals surface area (Å²) in [4.78, 5) is 7.76. The van der Waals surface area contributed by atoms with Crippen LogP contribution in [0.5, 0.6) is 11.5 Å².